The van der Waals surface area contributed by atoms with Crippen molar-refractivity contribution in [3.8, 4) is 22.6 Å². The average Bonchev–Trinajstić information content (AvgIpc) is 3.34. The molecule has 170 valence electrons. The Labute approximate surface area is 192 Å². The maximum atomic E-state index is 13.1. The highest BCUT2D eigenvalue weighted by atomic mass is 16.1. The molecule has 1 amide bonds. The van der Waals surface area contributed by atoms with Crippen molar-refractivity contribution >= 4 is 17.4 Å². The number of carbonyl (C=O) groups is 1. The van der Waals surface area contributed by atoms with Crippen molar-refractivity contribution in [2.75, 3.05) is 26.4 Å². The lowest BCUT2D eigenvalue weighted by atomic mass is 10.1. The zero-order valence-electron chi connectivity index (χ0n) is 19.0. The van der Waals surface area contributed by atoms with Crippen molar-refractivity contribution in [1.29, 1.82) is 0 Å². The molecule has 0 aliphatic heterocycles. The summed E-state index contributed by atoms with van der Waals surface area (Å²) < 4.78 is 1.99. The van der Waals surface area contributed by atoms with Gasteiger partial charge in [0.05, 0.1) is 5.69 Å². The van der Waals surface area contributed by atoms with Crippen molar-refractivity contribution in [3.63, 3.8) is 0 Å². The van der Waals surface area contributed by atoms with E-state index in [2.05, 4.69) is 25.2 Å². The van der Waals surface area contributed by atoms with E-state index < -0.39 is 0 Å². The van der Waals surface area contributed by atoms with Crippen molar-refractivity contribution in [2.45, 2.75) is 25.8 Å². The average molecular weight is 445 g/mol. The Balaban J connectivity index is 1.54. The van der Waals surface area contributed by atoms with Crippen LogP contribution in [0.25, 0.3) is 28.3 Å². The van der Waals surface area contributed by atoms with Gasteiger partial charge in [0.15, 0.2) is 11.5 Å². The molecule has 1 unspecified atom stereocenters. The number of likely N-dealkylation sites (N-methyl/N-ethyl adjacent to an activating group) is 1. The molecule has 4 aromatic rings. The third-order valence-corrected chi connectivity index (χ3v) is 6.26. The van der Waals surface area contributed by atoms with Crippen LogP contribution in [0.1, 0.15) is 29.0 Å². The first-order valence-corrected chi connectivity index (χ1v) is 11.1. The number of pyridine rings is 1. The molecule has 5 rings (SSSR count). The molecule has 4 heterocycles. The van der Waals surface area contributed by atoms with E-state index >= 15 is 0 Å². The summed E-state index contributed by atoms with van der Waals surface area (Å²) >= 11 is 0. The van der Waals surface area contributed by atoms with Crippen LogP contribution in [0.15, 0.2) is 42.9 Å². The number of H-pyrrole nitrogens is 1. The van der Waals surface area contributed by atoms with E-state index in [1.807, 2.05) is 68.3 Å². The second kappa shape index (κ2) is 8.32. The number of nitrogens with one attached hydrogen (secondary N) is 2. The van der Waals surface area contributed by atoms with E-state index in [0.29, 0.717) is 29.9 Å². The van der Waals surface area contributed by atoms with E-state index in [9.17, 15) is 4.79 Å². The van der Waals surface area contributed by atoms with Gasteiger partial charge in [-0.2, -0.15) is 0 Å². The smallest absolute Gasteiger partial charge is 0.273 e. The number of anilines is 1. The molecule has 0 saturated heterocycles. The molecule has 1 atom stereocenters. The van der Waals surface area contributed by atoms with Crippen LogP contribution in [0.5, 0.6) is 0 Å². The maximum absolute atomic E-state index is 13.1. The second-order valence-corrected chi connectivity index (χ2v) is 8.86. The molecule has 1 aliphatic rings. The Morgan fingerprint density at radius 1 is 1.27 bits per heavy atom. The zero-order valence-corrected chi connectivity index (χ0v) is 19.0. The van der Waals surface area contributed by atoms with Gasteiger partial charge >= 0.3 is 0 Å². The molecular formula is C24H28N8O. The summed E-state index contributed by atoms with van der Waals surface area (Å²) in [4.78, 5) is 32.2. The molecular weight excluding hydrogens is 416 g/mol. The topological polar surface area (TPSA) is 117 Å². The van der Waals surface area contributed by atoms with Gasteiger partial charge in [0.1, 0.15) is 17.0 Å². The zero-order chi connectivity index (χ0) is 23.1. The van der Waals surface area contributed by atoms with E-state index in [0.717, 1.165) is 22.6 Å². The van der Waals surface area contributed by atoms with Gasteiger partial charge in [-0.15, -0.1) is 0 Å². The highest BCUT2D eigenvalue weighted by molar-refractivity contribution is 5.98. The number of hydrogen-bond acceptors (Lipinski definition) is 6. The number of rotatable bonds is 7. The molecule has 0 aromatic carbocycles. The fourth-order valence-electron chi connectivity index (χ4n) is 4.26. The molecule has 33 heavy (non-hydrogen) atoms. The highest BCUT2D eigenvalue weighted by Gasteiger charge is 2.33. The molecule has 9 heteroatoms. The standard InChI is InChI=1S/C24H28N8O/c1-14-11-27-19-9-8-16(13-32(14)19)20-21(17-5-4-10-26-17)30-23(25)22(29-20)24(33)28-12-18(31(2)3)15-6-7-15/h4-5,8-11,13,15,18,26H,6-7,12H2,1-3H3,(H2,25,30)(H,28,33). The van der Waals surface area contributed by atoms with Crippen LogP contribution in [-0.2, 0) is 0 Å². The minimum atomic E-state index is -0.313. The lowest BCUT2D eigenvalue weighted by Crippen LogP contribution is -2.42. The van der Waals surface area contributed by atoms with Gasteiger partial charge in [-0.3, -0.25) is 4.79 Å². The predicted molar refractivity (Wildman–Crippen MR) is 128 cm³/mol. The molecule has 0 radical (unpaired) electrons. The molecule has 1 fully saturated rings. The number of nitrogen functional groups attached to an aromatic ring is 1. The Bertz CT molecular complexity index is 1300. The third-order valence-electron chi connectivity index (χ3n) is 6.26. The number of hydrogen-bond donors (Lipinski definition) is 3. The van der Waals surface area contributed by atoms with Crippen molar-refractivity contribution < 1.29 is 4.79 Å². The largest absolute Gasteiger partial charge is 0.382 e. The molecule has 0 bridgehead atoms. The molecule has 1 aliphatic carbocycles. The summed E-state index contributed by atoms with van der Waals surface area (Å²) in [6.45, 7) is 2.54. The molecule has 0 spiro atoms. The van der Waals surface area contributed by atoms with Crippen molar-refractivity contribution in [1.82, 2.24) is 34.6 Å². The third kappa shape index (κ3) is 4.07. The summed E-state index contributed by atoms with van der Waals surface area (Å²) in [5, 5.41) is 3.02. The number of aryl methyl sites for hydroxylation is 1. The Morgan fingerprint density at radius 2 is 2.09 bits per heavy atom. The lowest BCUT2D eigenvalue weighted by molar-refractivity contribution is 0.0934. The number of amides is 1. The monoisotopic (exact) mass is 444 g/mol. The minimum absolute atomic E-state index is 0.105. The maximum Gasteiger partial charge on any atom is 0.273 e. The van der Waals surface area contributed by atoms with Gasteiger partial charge in [0.25, 0.3) is 5.91 Å². The number of imidazole rings is 1. The predicted octanol–water partition coefficient (Wildman–Crippen LogP) is 2.75. The molecule has 9 nitrogen and oxygen atoms in total. The van der Waals surface area contributed by atoms with Crippen molar-refractivity contribution in [2.24, 2.45) is 5.92 Å². The van der Waals surface area contributed by atoms with Gasteiger partial charge in [0, 0.05) is 42.4 Å². The van der Waals surface area contributed by atoms with Gasteiger partial charge in [0.2, 0.25) is 0 Å². The first-order valence-electron chi connectivity index (χ1n) is 11.1. The summed E-state index contributed by atoms with van der Waals surface area (Å²) in [5.74, 6) is 0.417. The SMILES string of the molecule is Cc1cnc2ccc(-c3nc(C(=O)NCC(C4CC4)N(C)C)c(N)nc3-c3ccc[nH]3)cn12. The van der Waals surface area contributed by atoms with Gasteiger partial charge < -0.3 is 25.3 Å². The number of nitrogens with two attached hydrogens (primary N) is 1. The molecule has 4 aromatic heterocycles. The van der Waals surface area contributed by atoms with Gasteiger partial charge in [-0.1, -0.05) is 0 Å². The summed E-state index contributed by atoms with van der Waals surface area (Å²) in [6, 6.07) is 7.96. The first kappa shape index (κ1) is 21.1. The van der Waals surface area contributed by atoms with Crippen molar-refractivity contribution in [3.05, 3.63) is 54.2 Å². The Kier molecular flexibility index (Phi) is 5.33. The molecule has 1 saturated carbocycles. The minimum Gasteiger partial charge on any atom is -0.382 e. The van der Waals surface area contributed by atoms with Gasteiger partial charge in [-0.05, 0) is 64.0 Å². The number of fused-ring (bicyclic) bond motifs is 1. The van der Waals surface area contributed by atoms with Gasteiger partial charge in [-0.25, -0.2) is 15.0 Å². The normalized spacial score (nSPS) is 14.7. The fraction of sp³-hybridized carbons (Fsp3) is 0.333. The van der Waals surface area contributed by atoms with Crippen LogP contribution in [0, 0.1) is 12.8 Å². The molecule has 4 N–H and O–H groups in total. The first-order chi connectivity index (χ1) is 15.9. The van der Waals surface area contributed by atoms with E-state index in [4.69, 9.17) is 10.7 Å². The number of aromatic amines is 1. The van der Waals surface area contributed by atoms with Crippen LogP contribution in [-0.4, -0.2) is 61.8 Å². The summed E-state index contributed by atoms with van der Waals surface area (Å²) in [5.41, 5.74) is 11.0. The second-order valence-electron chi connectivity index (χ2n) is 8.86. The lowest BCUT2D eigenvalue weighted by Gasteiger charge is -2.24. The van der Waals surface area contributed by atoms with E-state index in [-0.39, 0.29) is 17.4 Å². The number of aromatic nitrogens is 5. The summed E-state index contributed by atoms with van der Waals surface area (Å²) in [6.07, 6.45) is 8.00. The highest BCUT2D eigenvalue weighted by Crippen LogP contribution is 2.34. The number of nitrogens with zero attached hydrogens (tertiary/aromatic N) is 5. The van der Waals surface area contributed by atoms with Crippen LogP contribution in [0.2, 0.25) is 0 Å². The van der Waals surface area contributed by atoms with Crippen LogP contribution < -0.4 is 11.1 Å². The fourth-order valence-corrected chi connectivity index (χ4v) is 4.26. The number of carbonyl (C=O) groups excluding carboxylic acids is 1. The summed E-state index contributed by atoms with van der Waals surface area (Å²) in [7, 11) is 4.08. The van der Waals surface area contributed by atoms with Crippen LogP contribution in [0.3, 0.4) is 0 Å². The van der Waals surface area contributed by atoms with E-state index in [1.165, 1.54) is 12.8 Å². The van der Waals surface area contributed by atoms with Crippen LogP contribution in [0.4, 0.5) is 5.82 Å². The Morgan fingerprint density at radius 3 is 2.79 bits per heavy atom. The van der Waals surface area contributed by atoms with E-state index in [1.54, 1.807) is 0 Å². The quantitative estimate of drug-likeness (QED) is 0.403. The van der Waals surface area contributed by atoms with Crippen LogP contribution >= 0.6 is 0 Å². The Hall–Kier alpha value is -3.72.